The number of carbonyl (C=O) groups excluding carboxylic acids is 2. The Morgan fingerprint density at radius 3 is 2.58 bits per heavy atom. The minimum Gasteiger partial charge on any atom is -0.344 e. The highest BCUT2D eigenvalue weighted by atomic mass is 16.2. The first-order valence-electron chi connectivity index (χ1n) is 7.61. The summed E-state index contributed by atoms with van der Waals surface area (Å²) in [4.78, 5) is 26.4. The molecule has 1 N–H and O–H groups in total. The summed E-state index contributed by atoms with van der Waals surface area (Å²) in [6.45, 7) is 8.99. The van der Waals surface area contributed by atoms with Crippen LogP contribution >= 0.6 is 0 Å². The summed E-state index contributed by atoms with van der Waals surface area (Å²) in [7, 11) is 0. The molecule has 0 spiro atoms. The second kappa shape index (κ2) is 7.51. The normalized spacial score (nSPS) is 26.0. The fourth-order valence-corrected chi connectivity index (χ4v) is 2.55. The van der Waals surface area contributed by atoms with Crippen molar-refractivity contribution in [3.63, 3.8) is 0 Å². The van der Waals surface area contributed by atoms with Gasteiger partial charge in [-0.05, 0) is 19.3 Å². The lowest BCUT2D eigenvalue weighted by atomic mass is 9.98. The van der Waals surface area contributed by atoms with Gasteiger partial charge in [-0.2, -0.15) is 0 Å². The number of amides is 2. The van der Waals surface area contributed by atoms with Crippen molar-refractivity contribution >= 4 is 11.8 Å². The molecule has 0 aliphatic carbocycles. The van der Waals surface area contributed by atoms with E-state index in [0.29, 0.717) is 6.42 Å². The van der Waals surface area contributed by atoms with Crippen molar-refractivity contribution in [3.05, 3.63) is 0 Å². The molecule has 2 amide bonds. The molecule has 1 fully saturated rings. The van der Waals surface area contributed by atoms with E-state index in [2.05, 4.69) is 19.2 Å². The molecule has 0 aromatic rings. The van der Waals surface area contributed by atoms with Crippen LogP contribution in [-0.2, 0) is 9.59 Å². The van der Waals surface area contributed by atoms with E-state index in [1.54, 1.807) is 0 Å². The van der Waals surface area contributed by atoms with Gasteiger partial charge in [0.1, 0.15) is 6.04 Å². The zero-order valence-corrected chi connectivity index (χ0v) is 12.7. The highest BCUT2D eigenvalue weighted by molar-refractivity contribution is 5.90. The van der Waals surface area contributed by atoms with Gasteiger partial charge in [0.05, 0.1) is 0 Å². The Labute approximate surface area is 116 Å². The number of hydrogen-bond donors (Lipinski definition) is 1. The lowest BCUT2D eigenvalue weighted by Crippen LogP contribution is -2.49. The summed E-state index contributed by atoms with van der Waals surface area (Å²) < 4.78 is 0. The summed E-state index contributed by atoms with van der Waals surface area (Å²) in [6.07, 6.45) is 4.61. The van der Waals surface area contributed by atoms with E-state index in [9.17, 15) is 9.59 Å². The van der Waals surface area contributed by atoms with Gasteiger partial charge in [-0.15, -0.1) is 0 Å². The number of hydrogen-bond acceptors (Lipinski definition) is 2. The average Bonchev–Trinajstić information content (AvgIpc) is 2.48. The second-order valence-corrected chi connectivity index (χ2v) is 5.72. The van der Waals surface area contributed by atoms with Crippen LogP contribution in [0.1, 0.15) is 59.8 Å². The molecule has 0 radical (unpaired) electrons. The summed E-state index contributed by atoms with van der Waals surface area (Å²) in [6, 6.07) is -0.331. The van der Waals surface area contributed by atoms with Crippen molar-refractivity contribution in [2.24, 2.45) is 5.92 Å². The fraction of sp³-hybridized carbons (Fsp3) is 0.867. The molecule has 1 aliphatic rings. The van der Waals surface area contributed by atoms with Gasteiger partial charge >= 0.3 is 0 Å². The zero-order chi connectivity index (χ0) is 14.4. The third kappa shape index (κ3) is 4.22. The maximum Gasteiger partial charge on any atom is 0.245 e. The Morgan fingerprint density at radius 1 is 1.32 bits per heavy atom. The van der Waals surface area contributed by atoms with E-state index < -0.39 is 0 Å². The molecule has 1 aliphatic heterocycles. The van der Waals surface area contributed by atoms with Gasteiger partial charge in [-0.3, -0.25) is 9.59 Å². The molecule has 0 bridgehead atoms. The van der Waals surface area contributed by atoms with Crippen molar-refractivity contribution in [2.45, 2.75) is 71.9 Å². The summed E-state index contributed by atoms with van der Waals surface area (Å²) in [5, 5.41) is 2.90. The first kappa shape index (κ1) is 16.0. The molecule has 3 unspecified atom stereocenters. The van der Waals surface area contributed by atoms with Gasteiger partial charge in [-0.25, -0.2) is 0 Å². The van der Waals surface area contributed by atoms with E-state index in [1.807, 2.05) is 18.7 Å². The van der Waals surface area contributed by atoms with Crippen LogP contribution in [0.25, 0.3) is 0 Å². The van der Waals surface area contributed by atoms with Crippen molar-refractivity contribution < 1.29 is 9.59 Å². The zero-order valence-electron chi connectivity index (χ0n) is 12.7. The molecule has 19 heavy (non-hydrogen) atoms. The lowest BCUT2D eigenvalue weighted by molar-refractivity contribution is -0.136. The molecule has 3 atom stereocenters. The number of nitrogens with zero attached hydrogens (tertiary/aromatic N) is 1. The standard InChI is InChI=1S/C15H28N2O2/c1-5-7-8-9-17-12(4)10-13(18)16-14(15(17)19)11(3)6-2/h11-12,14H,5-10H2,1-4H3,(H,16,18). The maximum atomic E-state index is 12.6. The lowest BCUT2D eigenvalue weighted by Gasteiger charge is -2.30. The molecule has 1 heterocycles. The minimum absolute atomic E-state index is 0.00383. The van der Waals surface area contributed by atoms with E-state index in [1.165, 1.54) is 0 Å². The minimum atomic E-state index is -0.343. The Balaban J connectivity index is 2.80. The predicted molar refractivity (Wildman–Crippen MR) is 76.7 cm³/mol. The van der Waals surface area contributed by atoms with Crippen LogP contribution in [0.15, 0.2) is 0 Å². The Bertz CT molecular complexity index is 317. The summed E-state index contributed by atoms with van der Waals surface area (Å²) in [5.74, 6) is 0.295. The number of unbranched alkanes of at least 4 members (excludes halogenated alkanes) is 2. The van der Waals surface area contributed by atoms with Crippen molar-refractivity contribution in [2.75, 3.05) is 6.54 Å². The molecule has 110 valence electrons. The maximum absolute atomic E-state index is 12.6. The van der Waals surface area contributed by atoms with Crippen LogP contribution in [-0.4, -0.2) is 35.3 Å². The van der Waals surface area contributed by atoms with Crippen molar-refractivity contribution in [3.8, 4) is 0 Å². The van der Waals surface area contributed by atoms with Gasteiger partial charge in [0.25, 0.3) is 0 Å². The molecule has 0 saturated carbocycles. The van der Waals surface area contributed by atoms with Crippen LogP contribution in [0.2, 0.25) is 0 Å². The third-order valence-corrected chi connectivity index (χ3v) is 4.09. The molecule has 4 nitrogen and oxygen atoms in total. The average molecular weight is 268 g/mol. The van der Waals surface area contributed by atoms with Crippen LogP contribution in [0.5, 0.6) is 0 Å². The highest BCUT2D eigenvalue weighted by Crippen LogP contribution is 2.18. The number of rotatable bonds is 6. The summed E-state index contributed by atoms with van der Waals surface area (Å²) in [5.41, 5.74) is 0. The van der Waals surface area contributed by atoms with E-state index >= 15 is 0 Å². The van der Waals surface area contributed by atoms with E-state index in [-0.39, 0.29) is 29.8 Å². The molecule has 0 aromatic carbocycles. The SMILES string of the molecule is CCCCCN1C(=O)C(C(C)CC)NC(=O)CC1C. The Morgan fingerprint density at radius 2 is 2.00 bits per heavy atom. The Kier molecular flexibility index (Phi) is 6.32. The molecule has 4 heteroatoms. The van der Waals surface area contributed by atoms with Gasteiger partial charge in [0, 0.05) is 19.0 Å². The molecular weight excluding hydrogens is 240 g/mol. The van der Waals surface area contributed by atoms with Gasteiger partial charge in [-0.1, -0.05) is 40.0 Å². The summed E-state index contributed by atoms with van der Waals surface area (Å²) >= 11 is 0. The fourth-order valence-electron chi connectivity index (χ4n) is 2.55. The second-order valence-electron chi connectivity index (χ2n) is 5.72. The predicted octanol–water partition coefficient (Wildman–Crippen LogP) is 2.33. The number of carbonyl (C=O) groups is 2. The first-order valence-corrected chi connectivity index (χ1v) is 7.61. The van der Waals surface area contributed by atoms with Crippen LogP contribution in [0.4, 0.5) is 0 Å². The van der Waals surface area contributed by atoms with Crippen LogP contribution in [0, 0.1) is 5.92 Å². The first-order chi connectivity index (χ1) is 9.01. The van der Waals surface area contributed by atoms with Gasteiger partial charge in [0.2, 0.25) is 11.8 Å². The largest absolute Gasteiger partial charge is 0.344 e. The van der Waals surface area contributed by atoms with Crippen molar-refractivity contribution in [1.29, 1.82) is 0 Å². The van der Waals surface area contributed by atoms with Gasteiger partial charge in [0.15, 0.2) is 0 Å². The topological polar surface area (TPSA) is 49.4 Å². The van der Waals surface area contributed by atoms with E-state index in [4.69, 9.17) is 0 Å². The Hall–Kier alpha value is -1.06. The molecule has 1 saturated heterocycles. The third-order valence-electron chi connectivity index (χ3n) is 4.09. The van der Waals surface area contributed by atoms with Crippen molar-refractivity contribution in [1.82, 2.24) is 10.2 Å². The highest BCUT2D eigenvalue weighted by Gasteiger charge is 2.35. The number of nitrogens with one attached hydrogen (secondary N) is 1. The van der Waals surface area contributed by atoms with E-state index in [0.717, 1.165) is 32.2 Å². The van der Waals surface area contributed by atoms with Crippen LogP contribution < -0.4 is 5.32 Å². The smallest absolute Gasteiger partial charge is 0.245 e. The van der Waals surface area contributed by atoms with Gasteiger partial charge < -0.3 is 10.2 Å². The molecule has 1 rings (SSSR count). The quantitative estimate of drug-likeness (QED) is 0.752. The molecule has 0 aromatic heterocycles. The molecular formula is C15H28N2O2. The van der Waals surface area contributed by atoms with Crippen LogP contribution in [0.3, 0.4) is 0 Å². The monoisotopic (exact) mass is 268 g/mol.